The Morgan fingerprint density at radius 1 is 1.22 bits per heavy atom. The van der Waals surface area contributed by atoms with Crippen molar-refractivity contribution in [1.29, 1.82) is 5.26 Å². The number of nitrogens with one attached hydrogen (secondary N) is 1. The van der Waals surface area contributed by atoms with E-state index in [0.29, 0.717) is 0 Å². The molecular formula is C6H6N3+. The summed E-state index contributed by atoms with van der Waals surface area (Å²) < 4.78 is 1.57. The highest BCUT2D eigenvalue weighted by atomic mass is 15.4. The standard InChI is InChI=1S/C6H6N3/c7-6-8-9-4-2-1-3-5-9/h1-5,8H/q+1. The summed E-state index contributed by atoms with van der Waals surface area (Å²) in [5, 5.41) is 8.14. The first kappa shape index (κ1) is 5.57. The normalized spacial score (nSPS) is 7.89. The van der Waals surface area contributed by atoms with Gasteiger partial charge in [-0.05, 0) is 0 Å². The number of rotatable bonds is 1. The van der Waals surface area contributed by atoms with E-state index in [-0.39, 0.29) is 0 Å². The summed E-state index contributed by atoms with van der Waals surface area (Å²) in [5.74, 6) is 0. The fourth-order valence-corrected chi connectivity index (χ4v) is 0.531. The van der Waals surface area contributed by atoms with Gasteiger partial charge < -0.3 is 0 Å². The van der Waals surface area contributed by atoms with Gasteiger partial charge in [-0.2, -0.15) is 5.26 Å². The monoisotopic (exact) mass is 120 g/mol. The van der Waals surface area contributed by atoms with E-state index in [1.54, 1.807) is 23.3 Å². The summed E-state index contributed by atoms with van der Waals surface area (Å²) in [6, 6.07) is 5.56. The predicted octanol–water partition coefficient (Wildman–Crippen LogP) is -0.00132. The van der Waals surface area contributed by atoms with Gasteiger partial charge in [0, 0.05) is 12.1 Å². The van der Waals surface area contributed by atoms with Gasteiger partial charge in [0.25, 0.3) is 0 Å². The summed E-state index contributed by atoms with van der Waals surface area (Å²) >= 11 is 0. The van der Waals surface area contributed by atoms with Crippen molar-refractivity contribution in [1.82, 2.24) is 0 Å². The number of hydrogen-bond acceptors (Lipinski definition) is 2. The van der Waals surface area contributed by atoms with Gasteiger partial charge >= 0.3 is 0 Å². The third-order valence-electron chi connectivity index (χ3n) is 0.895. The van der Waals surface area contributed by atoms with Crippen molar-refractivity contribution in [2.24, 2.45) is 0 Å². The smallest absolute Gasteiger partial charge is 0.167 e. The molecule has 0 aromatic carbocycles. The Kier molecular flexibility index (Phi) is 1.66. The van der Waals surface area contributed by atoms with E-state index in [4.69, 9.17) is 5.26 Å². The summed E-state index contributed by atoms with van der Waals surface area (Å²) in [5.41, 5.74) is 2.43. The third kappa shape index (κ3) is 1.42. The molecule has 0 atom stereocenters. The average molecular weight is 120 g/mol. The van der Waals surface area contributed by atoms with Crippen LogP contribution in [0.5, 0.6) is 0 Å². The van der Waals surface area contributed by atoms with Crippen molar-refractivity contribution in [3.8, 4) is 6.19 Å². The van der Waals surface area contributed by atoms with Crippen LogP contribution in [0, 0.1) is 11.5 Å². The summed E-state index contributed by atoms with van der Waals surface area (Å²) in [4.78, 5) is 0. The van der Waals surface area contributed by atoms with Crippen molar-refractivity contribution in [3.05, 3.63) is 30.6 Å². The molecular weight excluding hydrogens is 114 g/mol. The molecule has 0 aliphatic rings. The number of nitrogens with zero attached hydrogens (tertiary/aromatic N) is 2. The van der Waals surface area contributed by atoms with E-state index in [1.165, 1.54) is 0 Å². The fraction of sp³-hybridized carbons (Fsp3) is 0. The van der Waals surface area contributed by atoms with E-state index >= 15 is 0 Å². The Morgan fingerprint density at radius 3 is 2.44 bits per heavy atom. The third-order valence-corrected chi connectivity index (χ3v) is 0.895. The first-order chi connectivity index (χ1) is 4.43. The largest absolute Gasteiger partial charge is 0.236 e. The highest BCUT2D eigenvalue weighted by Crippen LogP contribution is 1.72. The lowest BCUT2D eigenvalue weighted by Gasteiger charge is -1.84. The Balaban J connectivity index is 2.76. The van der Waals surface area contributed by atoms with Crippen molar-refractivity contribution in [2.45, 2.75) is 0 Å². The zero-order valence-electron chi connectivity index (χ0n) is 4.78. The molecule has 9 heavy (non-hydrogen) atoms. The quantitative estimate of drug-likeness (QED) is 0.322. The lowest BCUT2D eigenvalue weighted by Crippen LogP contribution is -2.41. The van der Waals surface area contributed by atoms with Crippen LogP contribution in [0.1, 0.15) is 0 Å². The molecule has 1 N–H and O–H groups in total. The minimum absolute atomic E-state index is 1.57. The predicted molar refractivity (Wildman–Crippen MR) is 31.6 cm³/mol. The molecule has 1 heterocycles. The molecule has 0 saturated heterocycles. The minimum Gasteiger partial charge on any atom is -0.167 e. The van der Waals surface area contributed by atoms with Gasteiger partial charge in [0.15, 0.2) is 0 Å². The first-order valence-corrected chi connectivity index (χ1v) is 2.55. The molecule has 0 spiro atoms. The molecule has 0 radical (unpaired) electrons. The van der Waals surface area contributed by atoms with Crippen LogP contribution in [0.3, 0.4) is 0 Å². The van der Waals surface area contributed by atoms with Gasteiger partial charge in [-0.1, -0.05) is 16.2 Å². The van der Waals surface area contributed by atoms with Gasteiger partial charge in [0.2, 0.25) is 18.6 Å². The van der Waals surface area contributed by atoms with Crippen molar-refractivity contribution in [2.75, 3.05) is 5.43 Å². The van der Waals surface area contributed by atoms with Gasteiger partial charge in [-0.3, -0.25) is 0 Å². The highest BCUT2D eigenvalue weighted by molar-refractivity contribution is 4.85. The van der Waals surface area contributed by atoms with E-state index in [0.717, 1.165) is 0 Å². The molecule has 0 aliphatic heterocycles. The number of pyridine rings is 1. The van der Waals surface area contributed by atoms with E-state index in [1.807, 2.05) is 18.2 Å². The molecule has 3 nitrogen and oxygen atoms in total. The molecule has 1 aromatic heterocycles. The summed E-state index contributed by atoms with van der Waals surface area (Å²) in [6.45, 7) is 0. The molecule has 44 valence electrons. The number of aromatic nitrogens is 1. The maximum Gasteiger partial charge on any atom is 0.236 e. The molecule has 1 aromatic rings. The maximum atomic E-state index is 8.14. The van der Waals surface area contributed by atoms with E-state index in [9.17, 15) is 0 Å². The zero-order chi connectivity index (χ0) is 6.53. The van der Waals surface area contributed by atoms with Crippen LogP contribution in [0.2, 0.25) is 0 Å². The fourth-order valence-electron chi connectivity index (χ4n) is 0.531. The Bertz CT molecular complexity index is 211. The Hall–Kier alpha value is -1.56. The molecule has 0 fully saturated rings. The van der Waals surface area contributed by atoms with Crippen LogP contribution in [-0.4, -0.2) is 0 Å². The second kappa shape index (κ2) is 2.68. The SMILES string of the molecule is N#CN[n+]1ccccc1. The molecule has 0 aliphatic carbocycles. The van der Waals surface area contributed by atoms with Crippen molar-refractivity contribution >= 4 is 0 Å². The van der Waals surface area contributed by atoms with Crippen molar-refractivity contribution < 1.29 is 4.68 Å². The Morgan fingerprint density at radius 2 is 1.89 bits per heavy atom. The molecule has 3 heteroatoms. The topological polar surface area (TPSA) is 39.7 Å². The number of hydrogen-bond donors (Lipinski definition) is 1. The zero-order valence-corrected chi connectivity index (χ0v) is 4.78. The van der Waals surface area contributed by atoms with Gasteiger partial charge in [0.05, 0.1) is 0 Å². The number of nitriles is 1. The van der Waals surface area contributed by atoms with Gasteiger partial charge in [-0.15, -0.1) is 0 Å². The van der Waals surface area contributed by atoms with Crippen LogP contribution < -0.4 is 10.1 Å². The molecule has 0 unspecified atom stereocenters. The molecule has 0 bridgehead atoms. The van der Waals surface area contributed by atoms with Crippen LogP contribution in [0.25, 0.3) is 0 Å². The van der Waals surface area contributed by atoms with Crippen LogP contribution in [0.15, 0.2) is 30.6 Å². The summed E-state index contributed by atoms with van der Waals surface area (Å²) in [7, 11) is 0. The Labute approximate surface area is 53.1 Å². The van der Waals surface area contributed by atoms with Crippen molar-refractivity contribution in [3.63, 3.8) is 0 Å². The first-order valence-electron chi connectivity index (χ1n) is 2.55. The second-order valence-corrected chi connectivity index (χ2v) is 1.51. The van der Waals surface area contributed by atoms with E-state index in [2.05, 4.69) is 5.43 Å². The lowest BCUT2D eigenvalue weighted by atomic mass is 10.5. The van der Waals surface area contributed by atoms with Crippen LogP contribution in [-0.2, 0) is 0 Å². The molecule has 1 rings (SSSR count). The van der Waals surface area contributed by atoms with Gasteiger partial charge in [-0.25, -0.2) is 0 Å². The van der Waals surface area contributed by atoms with Crippen LogP contribution in [0.4, 0.5) is 0 Å². The highest BCUT2D eigenvalue weighted by Gasteiger charge is 1.89. The average Bonchev–Trinajstić information content (AvgIpc) is 1.91. The molecule has 0 amide bonds. The van der Waals surface area contributed by atoms with Crippen LogP contribution >= 0.6 is 0 Å². The van der Waals surface area contributed by atoms with Gasteiger partial charge in [0.1, 0.15) is 0 Å². The maximum absolute atomic E-state index is 8.14. The lowest BCUT2D eigenvalue weighted by molar-refractivity contribution is -0.642. The summed E-state index contributed by atoms with van der Waals surface area (Å²) in [6.07, 6.45) is 5.30. The van der Waals surface area contributed by atoms with E-state index < -0.39 is 0 Å². The minimum atomic E-state index is 1.57. The second-order valence-electron chi connectivity index (χ2n) is 1.51. The molecule has 0 saturated carbocycles.